The van der Waals surface area contributed by atoms with Crippen LogP contribution in [0.4, 0.5) is 0 Å². The van der Waals surface area contributed by atoms with Crippen molar-refractivity contribution < 1.29 is 4.74 Å². The molecule has 1 saturated carbocycles. The van der Waals surface area contributed by atoms with Gasteiger partial charge in [-0.15, -0.1) is 0 Å². The minimum atomic E-state index is 0.341. The molecule has 1 aliphatic rings. The zero-order valence-corrected chi connectivity index (χ0v) is 14.5. The molecule has 0 radical (unpaired) electrons. The van der Waals surface area contributed by atoms with Crippen LogP contribution in [0.3, 0.4) is 0 Å². The third-order valence-corrected chi connectivity index (χ3v) is 4.56. The Morgan fingerprint density at radius 3 is 2.65 bits per heavy atom. The minimum Gasteiger partial charge on any atom is -0.377 e. The highest BCUT2D eigenvalue weighted by molar-refractivity contribution is 4.96. The molecular weight excluding hydrogens is 248 g/mol. The summed E-state index contributed by atoms with van der Waals surface area (Å²) in [5, 5.41) is 3.79. The highest BCUT2D eigenvalue weighted by Crippen LogP contribution is 2.41. The van der Waals surface area contributed by atoms with Gasteiger partial charge in [-0.2, -0.15) is 0 Å². The topological polar surface area (TPSA) is 24.5 Å². The van der Waals surface area contributed by atoms with Crippen LogP contribution >= 0.6 is 0 Å². The monoisotopic (exact) mass is 284 g/mol. The number of hydrogen-bond acceptors (Lipinski definition) is 3. The second-order valence-corrected chi connectivity index (χ2v) is 7.40. The predicted molar refractivity (Wildman–Crippen MR) is 87.2 cm³/mol. The van der Waals surface area contributed by atoms with E-state index in [2.05, 4.69) is 51.9 Å². The van der Waals surface area contributed by atoms with Gasteiger partial charge in [0.25, 0.3) is 0 Å². The third-order valence-electron chi connectivity index (χ3n) is 4.56. The van der Waals surface area contributed by atoms with Crippen molar-refractivity contribution in [3.63, 3.8) is 0 Å². The largest absolute Gasteiger partial charge is 0.377 e. The Hall–Kier alpha value is -0.120. The molecule has 1 N–H and O–H groups in total. The predicted octanol–water partition coefficient (Wildman–Crippen LogP) is 3.15. The van der Waals surface area contributed by atoms with E-state index in [9.17, 15) is 0 Å². The zero-order chi connectivity index (χ0) is 15.2. The number of rotatable bonds is 9. The van der Waals surface area contributed by atoms with Gasteiger partial charge in [-0.3, -0.25) is 0 Å². The molecule has 2 unspecified atom stereocenters. The summed E-state index contributed by atoms with van der Waals surface area (Å²) >= 11 is 0. The molecule has 0 aliphatic heterocycles. The van der Waals surface area contributed by atoms with E-state index in [-0.39, 0.29) is 0 Å². The van der Waals surface area contributed by atoms with Crippen molar-refractivity contribution in [2.24, 2.45) is 11.3 Å². The summed E-state index contributed by atoms with van der Waals surface area (Å²) in [4.78, 5) is 2.44. The van der Waals surface area contributed by atoms with Gasteiger partial charge in [-0.05, 0) is 58.0 Å². The van der Waals surface area contributed by atoms with Crippen molar-refractivity contribution >= 4 is 0 Å². The Balaban J connectivity index is 2.40. The van der Waals surface area contributed by atoms with Gasteiger partial charge in [0, 0.05) is 19.1 Å². The molecule has 120 valence electrons. The van der Waals surface area contributed by atoms with Gasteiger partial charge < -0.3 is 15.0 Å². The quantitative estimate of drug-likeness (QED) is 0.704. The van der Waals surface area contributed by atoms with Gasteiger partial charge in [-0.1, -0.05) is 20.8 Å². The lowest BCUT2D eigenvalue weighted by atomic mass is 9.84. The molecule has 1 fully saturated rings. The number of likely N-dealkylation sites (N-methyl/N-ethyl adjacent to an activating group) is 1. The normalized spacial score (nSPS) is 25.8. The summed E-state index contributed by atoms with van der Waals surface area (Å²) in [6, 6.07) is 0.663. The maximum atomic E-state index is 5.65. The molecule has 1 rings (SSSR count). The molecule has 3 nitrogen and oxygen atoms in total. The van der Waals surface area contributed by atoms with Crippen LogP contribution in [0.5, 0.6) is 0 Å². The highest BCUT2D eigenvalue weighted by Gasteiger charge is 2.41. The van der Waals surface area contributed by atoms with Crippen LogP contribution in [0.2, 0.25) is 0 Å². The van der Waals surface area contributed by atoms with Crippen LogP contribution in [0.15, 0.2) is 0 Å². The van der Waals surface area contributed by atoms with Gasteiger partial charge in [0.05, 0.1) is 12.7 Å². The molecule has 2 atom stereocenters. The van der Waals surface area contributed by atoms with Crippen LogP contribution < -0.4 is 5.32 Å². The van der Waals surface area contributed by atoms with E-state index in [0.717, 1.165) is 25.6 Å². The van der Waals surface area contributed by atoms with Crippen LogP contribution in [-0.4, -0.2) is 50.3 Å². The standard InChI is InChI=1S/C17H36N2O/c1-7-10-18-16-15(8-9-17(16,4)5)13-19(6)11-12-20-14(2)3/h14-16,18H,7-13H2,1-6H3. The molecule has 0 amide bonds. The summed E-state index contributed by atoms with van der Waals surface area (Å²) < 4.78 is 5.65. The summed E-state index contributed by atoms with van der Waals surface area (Å²) in [6.07, 6.45) is 4.25. The van der Waals surface area contributed by atoms with Crippen molar-refractivity contribution in [3.8, 4) is 0 Å². The van der Waals surface area contributed by atoms with Gasteiger partial charge in [-0.25, -0.2) is 0 Å². The smallest absolute Gasteiger partial charge is 0.0596 e. The van der Waals surface area contributed by atoms with Crippen LogP contribution in [0, 0.1) is 11.3 Å². The van der Waals surface area contributed by atoms with E-state index in [1.165, 1.54) is 25.8 Å². The van der Waals surface area contributed by atoms with E-state index in [1.807, 2.05) is 0 Å². The molecule has 0 spiro atoms. The molecular formula is C17H36N2O. The molecule has 3 heteroatoms. The van der Waals surface area contributed by atoms with Crippen LogP contribution in [-0.2, 0) is 4.74 Å². The zero-order valence-electron chi connectivity index (χ0n) is 14.5. The number of nitrogens with zero attached hydrogens (tertiary/aromatic N) is 1. The average molecular weight is 284 g/mol. The lowest BCUT2D eigenvalue weighted by molar-refractivity contribution is 0.0598. The van der Waals surface area contributed by atoms with Gasteiger partial charge in [0.2, 0.25) is 0 Å². The van der Waals surface area contributed by atoms with Crippen molar-refractivity contribution in [1.29, 1.82) is 0 Å². The maximum Gasteiger partial charge on any atom is 0.0596 e. The molecule has 0 aromatic heterocycles. The lowest BCUT2D eigenvalue weighted by Gasteiger charge is -2.33. The molecule has 0 heterocycles. The van der Waals surface area contributed by atoms with E-state index < -0.39 is 0 Å². The molecule has 1 aliphatic carbocycles. The van der Waals surface area contributed by atoms with Crippen molar-refractivity contribution in [2.75, 3.05) is 33.3 Å². The molecule has 0 saturated heterocycles. The van der Waals surface area contributed by atoms with Gasteiger partial charge in [0.15, 0.2) is 0 Å². The molecule has 0 aromatic rings. The molecule has 20 heavy (non-hydrogen) atoms. The summed E-state index contributed by atoms with van der Waals surface area (Å²) in [5.41, 5.74) is 0.440. The molecule has 0 bridgehead atoms. The fraction of sp³-hybridized carbons (Fsp3) is 1.00. The Morgan fingerprint density at radius 2 is 2.05 bits per heavy atom. The van der Waals surface area contributed by atoms with E-state index in [4.69, 9.17) is 4.74 Å². The summed E-state index contributed by atoms with van der Waals surface area (Å²) in [5.74, 6) is 0.778. The first kappa shape index (κ1) is 17.9. The molecule has 0 aromatic carbocycles. The second-order valence-electron chi connectivity index (χ2n) is 7.40. The average Bonchev–Trinajstić information content (AvgIpc) is 2.61. The third kappa shape index (κ3) is 5.71. The SMILES string of the molecule is CCCNC1C(CN(C)CCOC(C)C)CCC1(C)C. The van der Waals surface area contributed by atoms with E-state index >= 15 is 0 Å². The maximum absolute atomic E-state index is 5.65. The van der Waals surface area contributed by atoms with Crippen molar-refractivity contribution in [3.05, 3.63) is 0 Å². The van der Waals surface area contributed by atoms with E-state index in [1.54, 1.807) is 0 Å². The second kappa shape index (κ2) is 8.35. The highest BCUT2D eigenvalue weighted by atomic mass is 16.5. The number of hydrogen-bond donors (Lipinski definition) is 1. The first-order valence-corrected chi connectivity index (χ1v) is 8.40. The van der Waals surface area contributed by atoms with Gasteiger partial charge >= 0.3 is 0 Å². The van der Waals surface area contributed by atoms with E-state index in [0.29, 0.717) is 17.6 Å². The Kier molecular flexibility index (Phi) is 7.49. The number of ether oxygens (including phenoxy) is 1. The minimum absolute atomic E-state index is 0.341. The first-order chi connectivity index (χ1) is 9.36. The first-order valence-electron chi connectivity index (χ1n) is 8.40. The Morgan fingerprint density at radius 1 is 1.35 bits per heavy atom. The van der Waals surface area contributed by atoms with Crippen LogP contribution in [0.25, 0.3) is 0 Å². The number of nitrogens with one attached hydrogen (secondary N) is 1. The fourth-order valence-electron chi connectivity index (χ4n) is 3.39. The van der Waals surface area contributed by atoms with Gasteiger partial charge in [0.1, 0.15) is 0 Å². The lowest BCUT2D eigenvalue weighted by Crippen LogP contribution is -2.45. The van der Waals surface area contributed by atoms with Crippen molar-refractivity contribution in [2.45, 2.75) is 66.0 Å². The van der Waals surface area contributed by atoms with Crippen LogP contribution in [0.1, 0.15) is 53.9 Å². The fourth-order valence-corrected chi connectivity index (χ4v) is 3.39. The Bertz CT molecular complexity index is 266. The summed E-state index contributed by atoms with van der Waals surface area (Å²) in [7, 11) is 2.23. The summed E-state index contributed by atoms with van der Waals surface area (Å²) in [6.45, 7) is 15.5. The Labute approximate surface area is 126 Å². The van der Waals surface area contributed by atoms with Crippen molar-refractivity contribution in [1.82, 2.24) is 10.2 Å².